The predicted molar refractivity (Wildman–Crippen MR) is 98.4 cm³/mol. The molecular weight excluding hydrogens is 316 g/mol. The summed E-state index contributed by atoms with van der Waals surface area (Å²) in [5.41, 5.74) is 4.92. The van der Waals surface area contributed by atoms with Crippen molar-refractivity contribution >= 4 is 11.6 Å². The lowest BCUT2D eigenvalue weighted by Crippen LogP contribution is -2.08. The Morgan fingerprint density at radius 2 is 1.96 bits per heavy atom. The first-order valence-corrected chi connectivity index (χ1v) is 8.02. The Balaban J connectivity index is 1.68. The van der Waals surface area contributed by atoms with Gasteiger partial charge in [-0.2, -0.15) is 5.10 Å². The molecule has 2 N–H and O–H groups in total. The molecular formula is C18H22N6O. The van der Waals surface area contributed by atoms with Gasteiger partial charge in [0.25, 0.3) is 0 Å². The lowest BCUT2D eigenvalue weighted by atomic mass is 10.1. The number of ether oxygens (including phenoxy) is 1. The molecule has 0 aliphatic carbocycles. The van der Waals surface area contributed by atoms with Gasteiger partial charge in [-0.05, 0) is 24.3 Å². The zero-order valence-corrected chi connectivity index (χ0v) is 14.7. The standard InChI is InChI=1S/C18H22N6O/c1-24(2)16-6-4-13(5-7-16)17-8-9-19-18(21-17)20-11-14-10-15(12-25-3)23-22-14/h4-10H,11-12H2,1-3H3,(H,22,23)(H,19,20,21). The molecule has 25 heavy (non-hydrogen) atoms. The molecule has 2 heterocycles. The summed E-state index contributed by atoms with van der Waals surface area (Å²) in [4.78, 5) is 10.9. The third-order valence-electron chi connectivity index (χ3n) is 3.75. The summed E-state index contributed by atoms with van der Waals surface area (Å²) in [7, 11) is 5.70. The van der Waals surface area contributed by atoms with Gasteiger partial charge < -0.3 is 15.0 Å². The van der Waals surface area contributed by atoms with Crippen molar-refractivity contribution < 1.29 is 4.74 Å². The summed E-state index contributed by atoms with van der Waals surface area (Å²) in [6, 6.07) is 12.1. The third-order valence-corrected chi connectivity index (χ3v) is 3.75. The van der Waals surface area contributed by atoms with Crippen LogP contribution < -0.4 is 10.2 Å². The van der Waals surface area contributed by atoms with E-state index < -0.39 is 0 Å². The normalized spacial score (nSPS) is 10.7. The number of H-pyrrole nitrogens is 1. The number of hydrogen-bond acceptors (Lipinski definition) is 6. The Hall–Kier alpha value is -2.93. The van der Waals surface area contributed by atoms with E-state index in [2.05, 4.69) is 54.6 Å². The zero-order valence-electron chi connectivity index (χ0n) is 14.7. The molecule has 7 heteroatoms. The smallest absolute Gasteiger partial charge is 0.223 e. The Morgan fingerprint density at radius 1 is 1.16 bits per heavy atom. The lowest BCUT2D eigenvalue weighted by molar-refractivity contribution is 0.181. The maximum atomic E-state index is 5.06. The van der Waals surface area contributed by atoms with E-state index in [1.807, 2.05) is 26.2 Å². The number of rotatable bonds is 7. The first-order valence-electron chi connectivity index (χ1n) is 8.02. The third kappa shape index (κ3) is 4.33. The van der Waals surface area contributed by atoms with E-state index >= 15 is 0 Å². The number of aromatic amines is 1. The Morgan fingerprint density at radius 3 is 2.68 bits per heavy atom. The summed E-state index contributed by atoms with van der Waals surface area (Å²) in [5, 5.41) is 10.4. The summed E-state index contributed by atoms with van der Waals surface area (Å²) in [6.45, 7) is 1.06. The minimum atomic E-state index is 0.491. The minimum absolute atomic E-state index is 0.491. The number of nitrogens with one attached hydrogen (secondary N) is 2. The molecule has 0 atom stereocenters. The molecule has 0 aliphatic heterocycles. The number of hydrogen-bond donors (Lipinski definition) is 2. The average molecular weight is 338 g/mol. The first kappa shape index (κ1) is 16.9. The molecule has 0 saturated heterocycles. The maximum absolute atomic E-state index is 5.06. The van der Waals surface area contributed by atoms with Crippen LogP contribution in [0.1, 0.15) is 11.4 Å². The number of nitrogens with zero attached hydrogens (tertiary/aromatic N) is 4. The number of benzene rings is 1. The SMILES string of the molecule is COCc1cc(CNc2nccc(-c3ccc(N(C)C)cc3)n2)[nH]n1. The predicted octanol–water partition coefficient (Wildman–Crippen LogP) is 2.69. The first-order chi connectivity index (χ1) is 12.2. The van der Waals surface area contributed by atoms with Gasteiger partial charge in [-0.25, -0.2) is 9.97 Å². The molecule has 2 aromatic heterocycles. The molecule has 7 nitrogen and oxygen atoms in total. The molecule has 0 saturated carbocycles. The number of aromatic nitrogens is 4. The van der Waals surface area contributed by atoms with E-state index in [4.69, 9.17) is 4.74 Å². The highest BCUT2D eigenvalue weighted by molar-refractivity contribution is 5.63. The van der Waals surface area contributed by atoms with Crippen molar-refractivity contribution in [1.82, 2.24) is 20.2 Å². The quantitative estimate of drug-likeness (QED) is 0.689. The van der Waals surface area contributed by atoms with Crippen LogP contribution in [0.15, 0.2) is 42.6 Å². The maximum Gasteiger partial charge on any atom is 0.223 e. The van der Waals surface area contributed by atoms with Crippen molar-refractivity contribution in [3.8, 4) is 11.3 Å². The van der Waals surface area contributed by atoms with E-state index in [1.54, 1.807) is 13.3 Å². The Labute approximate surface area is 147 Å². The van der Waals surface area contributed by atoms with Gasteiger partial charge in [-0.1, -0.05) is 12.1 Å². The molecule has 3 aromatic rings. The molecule has 3 rings (SSSR count). The fourth-order valence-corrected chi connectivity index (χ4v) is 2.43. The van der Waals surface area contributed by atoms with Gasteiger partial charge in [-0.3, -0.25) is 5.10 Å². The largest absolute Gasteiger partial charge is 0.378 e. The summed E-state index contributed by atoms with van der Waals surface area (Å²) in [6.07, 6.45) is 1.76. The zero-order chi connectivity index (χ0) is 17.6. The number of methoxy groups -OCH3 is 1. The highest BCUT2D eigenvalue weighted by Gasteiger charge is 2.05. The topological polar surface area (TPSA) is 79.0 Å². The lowest BCUT2D eigenvalue weighted by Gasteiger charge is -2.12. The molecule has 0 amide bonds. The van der Waals surface area contributed by atoms with Crippen LogP contribution in [-0.2, 0) is 17.9 Å². The van der Waals surface area contributed by atoms with Crippen LogP contribution in [0.4, 0.5) is 11.6 Å². The highest BCUT2D eigenvalue weighted by atomic mass is 16.5. The highest BCUT2D eigenvalue weighted by Crippen LogP contribution is 2.21. The van der Waals surface area contributed by atoms with E-state index in [-0.39, 0.29) is 0 Å². The molecule has 0 fully saturated rings. The molecule has 1 aromatic carbocycles. The van der Waals surface area contributed by atoms with Gasteiger partial charge in [0, 0.05) is 38.7 Å². The van der Waals surface area contributed by atoms with E-state index in [9.17, 15) is 0 Å². The van der Waals surface area contributed by atoms with Crippen molar-refractivity contribution in [3.05, 3.63) is 54.0 Å². The molecule has 0 radical (unpaired) electrons. The average Bonchev–Trinajstić information content (AvgIpc) is 3.08. The van der Waals surface area contributed by atoms with Crippen molar-refractivity contribution in [2.45, 2.75) is 13.2 Å². The van der Waals surface area contributed by atoms with E-state index in [1.165, 1.54) is 0 Å². The van der Waals surface area contributed by atoms with Crippen molar-refractivity contribution in [2.24, 2.45) is 0 Å². The van der Waals surface area contributed by atoms with Crippen LogP contribution in [0, 0.1) is 0 Å². The van der Waals surface area contributed by atoms with Gasteiger partial charge in [-0.15, -0.1) is 0 Å². The van der Waals surface area contributed by atoms with Crippen LogP contribution in [0.2, 0.25) is 0 Å². The fourth-order valence-electron chi connectivity index (χ4n) is 2.43. The minimum Gasteiger partial charge on any atom is -0.378 e. The van der Waals surface area contributed by atoms with Gasteiger partial charge in [0.15, 0.2) is 0 Å². The van der Waals surface area contributed by atoms with Gasteiger partial charge in [0.05, 0.1) is 30.2 Å². The Kier molecular flexibility index (Phi) is 5.25. The van der Waals surface area contributed by atoms with Gasteiger partial charge in [0.2, 0.25) is 5.95 Å². The van der Waals surface area contributed by atoms with Crippen LogP contribution in [0.3, 0.4) is 0 Å². The number of anilines is 2. The monoisotopic (exact) mass is 338 g/mol. The van der Waals surface area contributed by atoms with Crippen LogP contribution in [-0.4, -0.2) is 41.4 Å². The summed E-state index contributed by atoms with van der Waals surface area (Å²) in [5.74, 6) is 0.581. The van der Waals surface area contributed by atoms with Crippen LogP contribution in [0.5, 0.6) is 0 Å². The van der Waals surface area contributed by atoms with E-state index in [0.717, 1.165) is 28.3 Å². The second-order valence-corrected chi connectivity index (χ2v) is 5.88. The summed E-state index contributed by atoms with van der Waals surface area (Å²) >= 11 is 0. The molecule has 130 valence electrons. The molecule has 0 unspecified atom stereocenters. The van der Waals surface area contributed by atoms with Gasteiger partial charge in [0.1, 0.15) is 0 Å². The van der Waals surface area contributed by atoms with Crippen molar-refractivity contribution in [1.29, 1.82) is 0 Å². The van der Waals surface area contributed by atoms with Crippen LogP contribution >= 0.6 is 0 Å². The van der Waals surface area contributed by atoms with Crippen LogP contribution in [0.25, 0.3) is 11.3 Å². The van der Waals surface area contributed by atoms with Crippen molar-refractivity contribution in [3.63, 3.8) is 0 Å². The van der Waals surface area contributed by atoms with Crippen molar-refractivity contribution in [2.75, 3.05) is 31.4 Å². The Bertz CT molecular complexity index is 812. The molecule has 0 aliphatic rings. The molecule has 0 bridgehead atoms. The fraction of sp³-hybridized carbons (Fsp3) is 0.278. The summed E-state index contributed by atoms with van der Waals surface area (Å²) < 4.78 is 5.06. The van der Waals surface area contributed by atoms with E-state index in [0.29, 0.717) is 19.1 Å². The second-order valence-electron chi connectivity index (χ2n) is 5.88. The second kappa shape index (κ2) is 7.76. The molecule has 0 spiro atoms. The van der Waals surface area contributed by atoms with Gasteiger partial charge >= 0.3 is 0 Å².